The lowest BCUT2D eigenvalue weighted by molar-refractivity contribution is -0.0199. The first-order valence-corrected chi connectivity index (χ1v) is 11.0. The Bertz CT molecular complexity index is 428. The van der Waals surface area contributed by atoms with E-state index in [1.54, 1.807) is 0 Å². The molecule has 0 amide bonds. The van der Waals surface area contributed by atoms with Crippen molar-refractivity contribution in [1.82, 2.24) is 0 Å². The lowest BCUT2D eigenvalue weighted by atomic mass is 9.90. The Kier molecular flexibility index (Phi) is 10.3. The molecule has 2 rings (SSSR count). The average molecular weight is 345 g/mol. The first-order chi connectivity index (χ1) is 12.3. The zero-order valence-electron chi connectivity index (χ0n) is 16.8. The Morgan fingerprint density at radius 1 is 0.800 bits per heavy atom. The molecule has 142 valence electrons. The van der Waals surface area contributed by atoms with Crippen molar-refractivity contribution >= 4 is 0 Å². The van der Waals surface area contributed by atoms with E-state index in [4.69, 9.17) is 4.74 Å². The molecule has 0 saturated carbocycles. The van der Waals surface area contributed by atoms with E-state index in [9.17, 15) is 0 Å². The molecule has 0 radical (unpaired) electrons. The minimum atomic E-state index is 0.338. The van der Waals surface area contributed by atoms with Gasteiger partial charge in [-0.15, -0.1) is 0 Å². The van der Waals surface area contributed by atoms with Crippen molar-refractivity contribution < 1.29 is 4.74 Å². The largest absolute Gasteiger partial charge is 0.373 e. The highest BCUT2D eigenvalue weighted by Gasteiger charge is 2.22. The maximum atomic E-state index is 6.21. The molecular weight excluding hydrogens is 304 g/mol. The number of hydrogen-bond acceptors (Lipinski definition) is 1. The van der Waals surface area contributed by atoms with E-state index in [-0.39, 0.29) is 0 Å². The minimum absolute atomic E-state index is 0.338. The van der Waals surface area contributed by atoms with Crippen LogP contribution < -0.4 is 0 Å². The Hall–Kier alpha value is -0.820. The molecule has 0 spiro atoms. The fourth-order valence-corrected chi connectivity index (χ4v) is 3.99. The summed E-state index contributed by atoms with van der Waals surface area (Å²) in [6, 6.07) is 9.24. The van der Waals surface area contributed by atoms with Crippen molar-refractivity contribution in [3.63, 3.8) is 0 Å². The van der Waals surface area contributed by atoms with Crippen LogP contribution in [0.15, 0.2) is 24.3 Å². The molecule has 0 aromatic heterocycles. The fraction of sp³-hybridized carbons (Fsp3) is 0.750. The average Bonchev–Trinajstić information content (AvgIpc) is 2.66. The third kappa shape index (κ3) is 7.94. The second-order valence-corrected chi connectivity index (χ2v) is 8.02. The van der Waals surface area contributed by atoms with Gasteiger partial charge in [-0.05, 0) is 49.1 Å². The number of aryl methyl sites for hydroxylation is 1. The van der Waals surface area contributed by atoms with Gasteiger partial charge in [0.15, 0.2) is 0 Å². The molecule has 0 N–H and O–H groups in total. The SMILES string of the molecule is CCCCCCCCC1CCC(c2ccc(CCCCC)cc2)OC1. The molecule has 1 saturated heterocycles. The van der Waals surface area contributed by atoms with Crippen molar-refractivity contribution in [1.29, 1.82) is 0 Å². The standard InChI is InChI=1S/C24H40O/c1-3-5-7-8-9-11-13-22-16-19-24(25-20-22)23-17-14-21(15-18-23)12-10-6-4-2/h14-15,17-18,22,24H,3-13,16,19-20H2,1-2H3. The molecule has 1 heteroatoms. The Labute approximate surface area is 156 Å². The first-order valence-electron chi connectivity index (χ1n) is 11.0. The van der Waals surface area contributed by atoms with Crippen LogP contribution in [0.5, 0.6) is 0 Å². The summed E-state index contributed by atoms with van der Waals surface area (Å²) in [6.07, 6.45) is 17.9. The molecule has 1 aromatic carbocycles. The normalized spacial score (nSPS) is 20.7. The summed E-state index contributed by atoms with van der Waals surface area (Å²) in [4.78, 5) is 0. The molecule has 1 heterocycles. The molecule has 2 atom stereocenters. The van der Waals surface area contributed by atoms with E-state index in [1.165, 1.54) is 94.6 Å². The zero-order valence-corrected chi connectivity index (χ0v) is 16.8. The summed E-state index contributed by atoms with van der Waals surface area (Å²) in [7, 11) is 0. The quantitative estimate of drug-likeness (QED) is 0.354. The van der Waals surface area contributed by atoms with Gasteiger partial charge >= 0.3 is 0 Å². The van der Waals surface area contributed by atoms with E-state index < -0.39 is 0 Å². The predicted molar refractivity (Wildman–Crippen MR) is 109 cm³/mol. The van der Waals surface area contributed by atoms with E-state index >= 15 is 0 Å². The molecule has 2 unspecified atom stereocenters. The van der Waals surface area contributed by atoms with Crippen LogP contribution in [-0.4, -0.2) is 6.61 Å². The van der Waals surface area contributed by atoms with Gasteiger partial charge in [0, 0.05) is 0 Å². The molecule has 1 aliphatic heterocycles. The van der Waals surface area contributed by atoms with Gasteiger partial charge in [-0.3, -0.25) is 0 Å². The number of ether oxygens (including phenoxy) is 1. The van der Waals surface area contributed by atoms with Gasteiger partial charge in [0.05, 0.1) is 12.7 Å². The Balaban J connectivity index is 1.62. The van der Waals surface area contributed by atoms with Crippen molar-refractivity contribution in [2.24, 2.45) is 5.92 Å². The Morgan fingerprint density at radius 2 is 1.48 bits per heavy atom. The maximum Gasteiger partial charge on any atom is 0.0825 e. The van der Waals surface area contributed by atoms with Crippen LogP contribution in [0.2, 0.25) is 0 Å². The molecular formula is C24H40O. The lowest BCUT2D eigenvalue weighted by Crippen LogP contribution is -2.20. The highest BCUT2D eigenvalue weighted by molar-refractivity contribution is 5.24. The molecule has 1 nitrogen and oxygen atoms in total. The summed E-state index contributed by atoms with van der Waals surface area (Å²) in [5.41, 5.74) is 2.87. The summed E-state index contributed by atoms with van der Waals surface area (Å²) in [5, 5.41) is 0. The van der Waals surface area contributed by atoms with Crippen molar-refractivity contribution in [2.75, 3.05) is 6.61 Å². The summed E-state index contributed by atoms with van der Waals surface area (Å²) in [6.45, 7) is 5.52. The fourth-order valence-electron chi connectivity index (χ4n) is 3.99. The second-order valence-electron chi connectivity index (χ2n) is 8.02. The van der Waals surface area contributed by atoms with Gasteiger partial charge < -0.3 is 4.74 Å². The highest BCUT2D eigenvalue weighted by atomic mass is 16.5. The van der Waals surface area contributed by atoms with E-state index in [0.717, 1.165) is 12.5 Å². The minimum Gasteiger partial charge on any atom is -0.373 e. The van der Waals surface area contributed by atoms with Gasteiger partial charge in [0.25, 0.3) is 0 Å². The van der Waals surface area contributed by atoms with Gasteiger partial charge in [-0.2, -0.15) is 0 Å². The third-order valence-electron chi connectivity index (χ3n) is 5.76. The van der Waals surface area contributed by atoms with Gasteiger partial charge in [-0.25, -0.2) is 0 Å². The summed E-state index contributed by atoms with van der Waals surface area (Å²) < 4.78 is 6.21. The number of unbranched alkanes of at least 4 members (excludes halogenated alkanes) is 7. The molecule has 1 aliphatic rings. The molecule has 1 aromatic rings. The van der Waals surface area contributed by atoms with E-state index in [2.05, 4.69) is 38.1 Å². The lowest BCUT2D eigenvalue weighted by Gasteiger charge is -2.29. The number of benzene rings is 1. The van der Waals surface area contributed by atoms with Gasteiger partial charge in [0.1, 0.15) is 0 Å². The first kappa shape index (κ1) is 20.5. The topological polar surface area (TPSA) is 9.23 Å². The van der Waals surface area contributed by atoms with Crippen molar-refractivity contribution in [2.45, 2.75) is 103 Å². The van der Waals surface area contributed by atoms with Crippen molar-refractivity contribution in [3.8, 4) is 0 Å². The molecule has 0 bridgehead atoms. The van der Waals surface area contributed by atoms with E-state index in [0.29, 0.717) is 6.10 Å². The number of hydrogen-bond donors (Lipinski definition) is 0. The molecule has 25 heavy (non-hydrogen) atoms. The zero-order chi connectivity index (χ0) is 17.7. The maximum absolute atomic E-state index is 6.21. The van der Waals surface area contributed by atoms with Crippen LogP contribution in [-0.2, 0) is 11.2 Å². The summed E-state index contributed by atoms with van der Waals surface area (Å²) >= 11 is 0. The molecule has 1 fully saturated rings. The van der Waals surface area contributed by atoms with Gasteiger partial charge in [-0.1, -0.05) is 89.5 Å². The smallest absolute Gasteiger partial charge is 0.0825 e. The predicted octanol–water partition coefficient (Wildman–Crippen LogP) is 7.64. The molecule has 0 aliphatic carbocycles. The monoisotopic (exact) mass is 344 g/mol. The van der Waals surface area contributed by atoms with Crippen LogP contribution in [0, 0.1) is 5.92 Å². The van der Waals surface area contributed by atoms with Crippen LogP contribution in [0.4, 0.5) is 0 Å². The van der Waals surface area contributed by atoms with Crippen LogP contribution >= 0.6 is 0 Å². The Morgan fingerprint density at radius 3 is 2.16 bits per heavy atom. The third-order valence-corrected chi connectivity index (χ3v) is 5.76. The van der Waals surface area contributed by atoms with Crippen LogP contribution in [0.25, 0.3) is 0 Å². The summed E-state index contributed by atoms with van der Waals surface area (Å²) in [5.74, 6) is 0.802. The van der Waals surface area contributed by atoms with Crippen LogP contribution in [0.3, 0.4) is 0 Å². The van der Waals surface area contributed by atoms with Crippen molar-refractivity contribution in [3.05, 3.63) is 35.4 Å². The number of rotatable bonds is 12. The highest BCUT2D eigenvalue weighted by Crippen LogP contribution is 2.33. The second kappa shape index (κ2) is 12.5. The van der Waals surface area contributed by atoms with E-state index in [1.807, 2.05) is 0 Å². The van der Waals surface area contributed by atoms with Gasteiger partial charge in [0.2, 0.25) is 0 Å². The van der Waals surface area contributed by atoms with Crippen LogP contribution in [0.1, 0.15) is 108 Å².